The molecule has 0 fully saturated rings. The third kappa shape index (κ3) is 4.51. The second kappa shape index (κ2) is 7.57. The molecule has 2 amide bonds. The molecule has 1 aliphatic rings. The summed E-state index contributed by atoms with van der Waals surface area (Å²) in [5.41, 5.74) is 2.85. The maximum Gasteiger partial charge on any atom is 0.260 e. The lowest BCUT2D eigenvalue weighted by atomic mass is 10.0. The molecule has 1 aliphatic heterocycles. The van der Waals surface area contributed by atoms with E-state index in [0.29, 0.717) is 30.2 Å². The van der Waals surface area contributed by atoms with Gasteiger partial charge in [0.05, 0.1) is 0 Å². The Morgan fingerprint density at radius 2 is 1.96 bits per heavy atom. The molecule has 1 heterocycles. The Morgan fingerprint density at radius 3 is 2.72 bits per heavy atom. The number of rotatable bonds is 5. The summed E-state index contributed by atoms with van der Waals surface area (Å²) in [6.45, 7) is 0.463. The smallest absolute Gasteiger partial charge is 0.260 e. The number of halogens is 1. The Labute approximate surface area is 151 Å². The highest BCUT2D eigenvalue weighted by Crippen LogP contribution is 2.26. The van der Waals surface area contributed by atoms with E-state index in [4.69, 9.17) is 16.3 Å². The van der Waals surface area contributed by atoms with Gasteiger partial charge in [-0.15, -0.1) is 0 Å². The molecule has 6 heteroatoms. The van der Waals surface area contributed by atoms with E-state index < -0.39 is 0 Å². The Bertz CT molecular complexity index is 790. The summed E-state index contributed by atoms with van der Waals surface area (Å²) in [5, 5.41) is 3.49. The van der Waals surface area contributed by atoms with Crippen LogP contribution in [-0.2, 0) is 22.6 Å². The van der Waals surface area contributed by atoms with Crippen LogP contribution < -0.4 is 10.1 Å². The average molecular weight is 359 g/mol. The van der Waals surface area contributed by atoms with Crippen molar-refractivity contribution in [2.45, 2.75) is 19.4 Å². The zero-order chi connectivity index (χ0) is 17.8. The summed E-state index contributed by atoms with van der Waals surface area (Å²) in [6, 6.07) is 12.8. The van der Waals surface area contributed by atoms with Crippen LogP contribution in [0.25, 0.3) is 0 Å². The van der Waals surface area contributed by atoms with Crippen molar-refractivity contribution in [3.05, 3.63) is 58.6 Å². The van der Waals surface area contributed by atoms with Crippen molar-refractivity contribution in [1.82, 2.24) is 4.90 Å². The van der Waals surface area contributed by atoms with Crippen LogP contribution in [0.3, 0.4) is 0 Å². The number of hydrogen-bond acceptors (Lipinski definition) is 3. The lowest BCUT2D eigenvalue weighted by Crippen LogP contribution is -2.31. The monoisotopic (exact) mass is 358 g/mol. The molecular formula is C19H19ClN2O3. The Kier molecular flexibility index (Phi) is 5.24. The van der Waals surface area contributed by atoms with Crippen molar-refractivity contribution in [2.75, 3.05) is 19.0 Å². The van der Waals surface area contributed by atoms with Crippen molar-refractivity contribution in [1.29, 1.82) is 0 Å². The fraction of sp³-hybridized carbons (Fsp3) is 0.263. The van der Waals surface area contributed by atoms with Crippen molar-refractivity contribution in [3.63, 3.8) is 0 Å². The minimum absolute atomic E-state index is 0.0279. The Morgan fingerprint density at radius 1 is 1.20 bits per heavy atom. The molecule has 0 aliphatic carbocycles. The van der Waals surface area contributed by atoms with Gasteiger partial charge in [-0.25, -0.2) is 0 Å². The largest absolute Gasteiger partial charge is 0.484 e. The number of fused-ring (bicyclic) bond motifs is 1. The average Bonchev–Trinajstić information content (AvgIpc) is 2.61. The summed E-state index contributed by atoms with van der Waals surface area (Å²) in [7, 11) is 1.74. The van der Waals surface area contributed by atoms with Gasteiger partial charge in [0.25, 0.3) is 5.91 Å². The summed E-state index contributed by atoms with van der Waals surface area (Å²) in [6.07, 6.45) is 1.15. The molecule has 3 rings (SSSR count). The summed E-state index contributed by atoms with van der Waals surface area (Å²) in [4.78, 5) is 25.2. The molecule has 25 heavy (non-hydrogen) atoms. The number of likely N-dealkylation sites (N-methyl/N-ethyl adjacent to an activating group) is 1. The van der Waals surface area contributed by atoms with Crippen LogP contribution in [0.1, 0.15) is 17.5 Å². The molecule has 0 saturated carbocycles. The SMILES string of the molecule is CN(Cc1ccc(Cl)cc1)C(=O)COc1ccc2c(c1)CCC(=O)N2. The van der Waals surface area contributed by atoms with Crippen LogP contribution in [0.2, 0.25) is 5.02 Å². The van der Waals surface area contributed by atoms with Crippen molar-refractivity contribution >= 4 is 29.1 Å². The van der Waals surface area contributed by atoms with E-state index in [1.54, 1.807) is 30.1 Å². The number of nitrogens with one attached hydrogen (secondary N) is 1. The Hall–Kier alpha value is -2.53. The van der Waals surface area contributed by atoms with Crippen LogP contribution in [0.15, 0.2) is 42.5 Å². The fourth-order valence-corrected chi connectivity index (χ4v) is 2.78. The quantitative estimate of drug-likeness (QED) is 0.892. The van der Waals surface area contributed by atoms with E-state index >= 15 is 0 Å². The van der Waals surface area contributed by atoms with E-state index in [9.17, 15) is 9.59 Å². The van der Waals surface area contributed by atoms with Crippen molar-refractivity contribution in [2.24, 2.45) is 0 Å². The topological polar surface area (TPSA) is 58.6 Å². The van der Waals surface area contributed by atoms with E-state index in [1.165, 1.54) is 0 Å². The third-order valence-corrected chi connectivity index (χ3v) is 4.35. The lowest BCUT2D eigenvalue weighted by Gasteiger charge is -2.19. The molecule has 5 nitrogen and oxygen atoms in total. The third-order valence-electron chi connectivity index (χ3n) is 4.09. The lowest BCUT2D eigenvalue weighted by molar-refractivity contribution is -0.132. The summed E-state index contributed by atoms with van der Waals surface area (Å²) < 4.78 is 5.61. The Balaban J connectivity index is 1.55. The van der Waals surface area contributed by atoms with Gasteiger partial charge in [-0.2, -0.15) is 0 Å². The van der Waals surface area contributed by atoms with Gasteiger partial charge in [0.2, 0.25) is 5.91 Å². The molecule has 0 spiro atoms. The normalized spacial score (nSPS) is 13.0. The van der Waals surface area contributed by atoms with Gasteiger partial charge in [-0.05, 0) is 47.9 Å². The first-order valence-corrected chi connectivity index (χ1v) is 8.43. The molecule has 0 aromatic heterocycles. The van der Waals surface area contributed by atoms with Crippen LogP contribution in [0, 0.1) is 0 Å². The van der Waals surface area contributed by atoms with Gasteiger partial charge in [-0.3, -0.25) is 9.59 Å². The fourth-order valence-electron chi connectivity index (χ4n) is 2.66. The van der Waals surface area contributed by atoms with Crippen molar-refractivity contribution in [3.8, 4) is 5.75 Å². The number of nitrogens with zero attached hydrogens (tertiary/aromatic N) is 1. The zero-order valence-corrected chi connectivity index (χ0v) is 14.7. The summed E-state index contributed by atoms with van der Waals surface area (Å²) in [5.74, 6) is 0.546. The molecule has 130 valence electrons. The highest BCUT2D eigenvalue weighted by Gasteiger charge is 2.16. The molecule has 0 saturated heterocycles. The predicted molar refractivity (Wildman–Crippen MR) is 96.8 cm³/mol. The molecule has 0 unspecified atom stereocenters. The number of carbonyl (C=O) groups excluding carboxylic acids is 2. The van der Waals surface area contributed by atoms with Crippen LogP contribution in [-0.4, -0.2) is 30.4 Å². The first kappa shape index (κ1) is 17.3. The predicted octanol–water partition coefficient (Wildman–Crippen LogP) is 3.26. The van der Waals surface area contributed by atoms with Crippen LogP contribution in [0.4, 0.5) is 5.69 Å². The maximum absolute atomic E-state index is 12.2. The standard InChI is InChI=1S/C19H19ClN2O3/c1-22(11-13-2-5-15(20)6-3-13)19(24)12-25-16-7-8-17-14(10-16)4-9-18(23)21-17/h2-3,5-8,10H,4,9,11-12H2,1H3,(H,21,23). The zero-order valence-electron chi connectivity index (χ0n) is 13.9. The van der Waals surface area contributed by atoms with E-state index in [2.05, 4.69) is 5.32 Å². The molecule has 2 aromatic rings. The number of carbonyl (C=O) groups is 2. The van der Waals surface area contributed by atoms with E-state index in [0.717, 1.165) is 16.8 Å². The number of amides is 2. The molecule has 0 bridgehead atoms. The molecular weight excluding hydrogens is 340 g/mol. The minimum Gasteiger partial charge on any atom is -0.484 e. The molecule has 1 N–H and O–H groups in total. The summed E-state index contributed by atoms with van der Waals surface area (Å²) >= 11 is 5.86. The van der Waals surface area contributed by atoms with Gasteiger partial charge >= 0.3 is 0 Å². The molecule has 0 radical (unpaired) electrons. The minimum atomic E-state index is -0.110. The number of anilines is 1. The first-order chi connectivity index (χ1) is 12.0. The van der Waals surface area contributed by atoms with Gasteiger partial charge in [-0.1, -0.05) is 23.7 Å². The number of hydrogen-bond donors (Lipinski definition) is 1. The van der Waals surface area contributed by atoms with Crippen molar-refractivity contribution < 1.29 is 14.3 Å². The van der Waals surface area contributed by atoms with Crippen LogP contribution in [0.5, 0.6) is 5.75 Å². The highest BCUT2D eigenvalue weighted by atomic mass is 35.5. The molecule has 0 atom stereocenters. The van der Waals surface area contributed by atoms with E-state index in [1.807, 2.05) is 24.3 Å². The van der Waals surface area contributed by atoms with E-state index in [-0.39, 0.29) is 18.4 Å². The number of aryl methyl sites for hydroxylation is 1. The second-order valence-electron chi connectivity index (χ2n) is 6.03. The van der Waals surface area contributed by atoms with Gasteiger partial charge in [0, 0.05) is 30.7 Å². The number of benzene rings is 2. The second-order valence-corrected chi connectivity index (χ2v) is 6.47. The molecule has 2 aromatic carbocycles. The van der Waals surface area contributed by atoms with Gasteiger partial charge in [0.15, 0.2) is 6.61 Å². The maximum atomic E-state index is 12.2. The highest BCUT2D eigenvalue weighted by molar-refractivity contribution is 6.30. The van der Waals surface area contributed by atoms with Crippen LogP contribution >= 0.6 is 11.6 Å². The van der Waals surface area contributed by atoms with Gasteiger partial charge in [0.1, 0.15) is 5.75 Å². The van der Waals surface area contributed by atoms with Gasteiger partial charge < -0.3 is 15.0 Å². The first-order valence-electron chi connectivity index (χ1n) is 8.05. The number of ether oxygens (including phenoxy) is 1.